The Morgan fingerprint density at radius 2 is 1.95 bits per heavy atom. The van der Waals surface area contributed by atoms with E-state index in [0.717, 1.165) is 17.3 Å². The lowest BCUT2D eigenvalue weighted by Gasteiger charge is -2.28. The normalized spacial score (nSPS) is 17.6. The van der Waals surface area contributed by atoms with Gasteiger partial charge >= 0.3 is 0 Å². The molecule has 0 bridgehead atoms. The molecule has 1 amide bonds. The fraction of sp³-hybridized carbons (Fsp3) is 0.407. The molecule has 2 atom stereocenters. The quantitative estimate of drug-likeness (QED) is 0.373. The molecule has 0 unspecified atom stereocenters. The molecule has 198 valence electrons. The first-order valence-corrected chi connectivity index (χ1v) is 12.5. The highest BCUT2D eigenvalue weighted by atomic mass is 19.1. The number of aromatic nitrogens is 6. The van der Waals surface area contributed by atoms with Gasteiger partial charge in [0.05, 0.1) is 30.2 Å². The second kappa shape index (κ2) is 10.5. The first kappa shape index (κ1) is 25.8. The molecule has 9 nitrogen and oxygen atoms in total. The minimum atomic E-state index is -0.719. The SMILES string of the molecule is CC(=O)N(C)CCn1cc([C@H]2C[C@@H](c3nc(-c4ccc(F)cc4F)c4nc(C)c(C)nc4n3)CCO2)cn1. The van der Waals surface area contributed by atoms with E-state index in [-0.39, 0.29) is 23.5 Å². The molecule has 1 aliphatic heterocycles. The number of rotatable bonds is 6. The van der Waals surface area contributed by atoms with E-state index < -0.39 is 11.6 Å². The van der Waals surface area contributed by atoms with Gasteiger partial charge in [0.1, 0.15) is 28.7 Å². The maximum atomic E-state index is 14.9. The highest BCUT2D eigenvalue weighted by molar-refractivity contribution is 5.87. The highest BCUT2D eigenvalue weighted by Gasteiger charge is 2.29. The van der Waals surface area contributed by atoms with Crippen LogP contribution < -0.4 is 0 Å². The molecule has 1 fully saturated rings. The van der Waals surface area contributed by atoms with Crippen LogP contribution in [-0.4, -0.2) is 60.7 Å². The van der Waals surface area contributed by atoms with Gasteiger partial charge in [-0.15, -0.1) is 0 Å². The number of halogens is 2. The van der Waals surface area contributed by atoms with Gasteiger partial charge in [-0.1, -0.05) is 0 Å². The van der Waals surface area contributed by atoms with Crippen LogP contribution in [0.5, 0.6) is 0 Å². The molecule has 0 saturated carbocycles. The van der Waals surface area contributed by atoms with Gasteiger partial charge < -0.3 is 9.64 Å². The lowest BCUT2D eigenvalue weighted by Crippen LogP contribution is -2.27. The molecule has 1 aromatic carbocycles. The van der Waals surface area contributed by atoms with E-state index in [0.29, 0.717) is 60.9 Å². The molecule has 11 heteroatoms. The van der Waals surface area contributed by atoms with E-state index >= 15 is 0 Å². The fourth-order valence-electron chi connectivity index (χ4n) is 4.52. The van der Waals surface area contributed by atoms with E-state index in [1.165, 1.54) is 19.1 Å². The van der Waals surface area contributed by atoms with Gasteiger partial charge in [-0.25, -0.2) is 28.7 Å². The van der Waals surface area contributed by atoms with Crippen molar-refractivity contribution in [2.24, 2.45) is 0 Å². The van der Waals surface area contributed by atoms with Crippen LogP contribution in [0.25, 0.3) is 22.4 Å². The third kappa shape index (κ3) is 5.24. The molecular formula is C27H29F2N7O2. The summed E-state index contributed by atoms with van der Waals surface area (Å²) >= 11 is 0. The summed E-state index contributed by atoms with van der Waals surface area (Å²) in [6, 6.07) is 3.42. The van der Waals surface area contributed by atoms with Crippen molar-refractivity contribution in [3.8, 4) is 11.3 Å². The number of amides is 1. The Kier molecular flexibility index (Phi) is 7.11. The number of nitrogens with zero attached hydrogens (tertiary/aromatic N) is 7. The number of likely N-dealkylation sites (N-methyl/N-ethyl adjacent to an activating group) is 1. The summed E-state index contributed by atoms with van der Waals surface area (Å²) in [5, 5.41) is 4.43. The van der Waals surface area contributed by atoms with Gasteiger partial charge in [0.25, 0.3) is 0 Å². The van der Waals surface area contributed by atoms with Crippen LogP contribution in [0.4, 0.5) is 8.78 Å². The van der Waals surface area contributed by atoms with Gasteiger partial charge in [-0.2, -0.15) is 5.10 Å². The molecule has 1 aliphatic rings. The predicted octanol–water partition coefficient (Wildman–Crippen LogP) is 4.29. The number of benzene rings is 1. The minimum Gasteiger partial charge on any atom is -0.373 e. The van der Waals surface area contributed by atoms with Gasteiger partial charge in [0.15, 0.2) is 5.65 Å². The topological polar surface area (TPSA) is 98.9 Å². The Balaban J connectivity index is 1.46. The molecule has 5 rings (SSSR count). The molecule has 1 saturated heterocycles. The van der Waals surface area contributed by atoms with Crippen molar-refractivity contribution in [1.82, 2.24) is 34.6 Å². The zero-order valence-electron chi connectivity index (χ0n) is 21.8. The Hall–Kier alpha value is -3.86. The summed E-state index contributed by atoms with van der Waals surface area (Å²) in [5.74, 6) is -0.929. The second-order valence-electron chi connectivity index (χ2n) is 9.68. The zero-order chi connectivity index (χ0) is 27.0. The molecule has 0 N–H and O–H groups in total. The van der Waals surface area contributed by atoms with Crippen LogP contribution in [0.3, 0.4) is 0 Å². The van der Waals surface area contributed by atoms with Crippen molar-refractivity contribution in [1.29, 1.82) is 0 Å². The van der Waals surface area contributed by atoms with Crippen molar-refractivity contribution >= 4 is 17.1 Å². The summed E-state index contributed by atoms with van der Waals surface area (Å²) in [5.41, 5.74) is 3.54. The number of carbonyl (C=O) groups excluding carboxylic acids is 1. The molecule has 3 aromatic heterocycles. The smallest absolute Gasteiger partial charge is 0.219 e. The van der Waals surface area contributed by atoms with Crippen LogP contribution in [0.15, 0.2) is 30.6 Å². The maximum Gasteiger partial charge on any atom is 0.219 e. The van der Waals surface area contributed by atoms with Crippen LogP contribution in [-0.2, 0) is 16.1 Å². The molecule has 4 heterocycles. The van der Waals surface area contributed by atoms with E-state index in [1.54, 1.807) is 22.8 Å². The van der Waals surface area contributed by atoms with Crippen LogP contribution in [0.1, 0.15) is 54.6 Å². The lowest BCUT2D eigenvalue weighted by atomic mass is 9.92. The minimum absolute atomic E-state index is 0.00107. The zero-order valence-corrected chi connectivity index (χ0v) is 21.8. The molecule has 0 spiro atoms. The molecule has 0 aliphatic carbocycles. The van der Waals surface area contributed by atoms with Crippen LogP contribution >= 0.6 is 0 Å². The van der Waals surface area contributed by atoms with Crippen molar-refractivity contribution in [3.63, 3.8) is 0 Å². The largest absolute Gasteiger partial charge is 0.373 e. The van der Waals surface area contributed by atoms with Gasteiger partial charge in [-0.05, 0) is 38.8 Å². The van der Waals surface area contributed by atoms with E-state index in [9.17, 15) is 13.6 Å². The Labute approximate surface area is 218 Å². The molecule has 0 radical (unpaired) electrons. The standard InChI is InChI=1S/C27H29F2N7O2/c1-15-16(2)32-27-25(31-15)24(21-6-5-20(28)12-22(21)29)33-26(34-27)18-7-10-38-23(11-18)19-13-30-36(14-19)9-8-35(4)17(3)37/h5-6,12-14,18,23H,7-11H2,1-4H3/t18-,23+/m0/s1. The van der Waals surface area contributed by atoms with Gasteiger partial charge in [-0.3, -0.25) is 9.48 Å². The molecule has 4 aromatic rings. The number of hydrogen-bond acceptors (Lipinski definition) is 7. The predicted molar refractivity (Wildman–Crippen MR) is 136 cm³/mol. The van der Waals surface area contributed by atoms with E-state index in [2.05, 4.69) is 15.1 Å². The molecule has 38 heavy (non-hydrogen) atoms. The number of fused-ring (bicyclic) bond motifs is 1. The first-order chi connectivity index (χ1) is 18.2. The summed E-state index contributed by atoms with van der Waals surface area (Å²) in [7, 11) is 1.75. The van der Waals surface area contributed by atoms with Gasteiger partial charge in [0, 0.05) is 56.4 Å². The third-order valence-corrected chi connectivity index (χ3v) is 7.02. The summed E-state index contributed by atoms with van der Waals surface area (Å²) in [6.45, 7) is 6.82. The third-order valence-electron chi connectivity index (χ3n) is 7.02. The maximum absolute atomic E-state index is 14.9. The van der Waals surface area contributed by atoms with E-state index in [1.807, 2.05) is 20.0 Å². The Morgan fingerprint density at radius 1 is 1.16 bits per heavy atom. The second-order valence-corrected chi connectivity index (χ2v) is 9.68. The fourth-order valence-corrected chi connectivity index (χ4v) is 4.52. The molecular weight excluding hydrogens is 492 g/mol. The number of ether oxygens (including phenoxy) is 1. The van der Waals surface area contributed by atoms with Gasteiger partial charge in [0.2, 0.25) is 5.91 Å². The average molecular weight is 522 g/mol. The van der Waals surface area contributed by atoms with Crippen LogP contribution in [0, 0.1) is 25.5 Å². The van der Waals surface area contributed by atoms with Crippen molar-refractivity contribution in [3.05, 3.63) is 65.0 Å². The summed E-state index contributed by atoms with van der Waals surface area (Å²) in [4.78, 5) is 31.8. The number of carbonyl (C=O) groups is 1. The van der Waals surface area contributed by atoms with Crippen molar-refractivity contribution in [2.45, 2.75) is 52.2 Å². The number of aryl methyl sites for hydroxylation is 2. The first-order valence-electron chi connectivity index (χ1n) is 12.5. The Morgan fingerprint density at radius 3 is 2.71 bits per heavy atom. The van der Waals surface area contributed by atoms with Crippen molar-refractivity contribution in [2.75, 3.05) is 20.2 Å². The monoisotopic (exact) mass is 521 g/mol. The average Bonchev–Trinajstić information content (AvgIpc) is 3.37. The van der Waals surface area contributed by atoms with Crippen molar-refractivity contribution < 1.29 is 18.3 Å². The number of hydrogen-bond donors (Lipinski definition) is 0. The summed E-state index contributed by atoms with van der Waals surface area (Å²) in [6.07, 6.45) is 4.78. The Bertz CT molecular complexity index is 1510. The van der Waals surface area contributed by atoms with E-state index in [4.69, 9.17) is 14.7 Å². The summed E-state index contributed by atoms with van der Waals surface area (Å²) < 4.78 is 36.4. The lowest BCUT2D eigenvalue weighted by molar-refractivity contribution is -0.127. The van der Waals surface area contributed by atoms with Crippen LogP contribution in [0.2, 0.25) is 0 Å². The highest BCUT2D eigenvalue weighted by Crippen LogP contribution is 2.38.